The maximum Gasteiger partial charge on any atom is 0.328 e. The Hall–Kier alpha value is -2.54. The molecule has 0 saturated carbocycles. The first kappa shape index (κ1) is 13.9. The minimum absolute atomic E-state index is 0.334. The van der Waals surface area contributed by atoms with E-state index < -0.39 is 5.97 Å². The van der Waals surface area contributed by atoms with Crippen LogP contribution in [0.2, 0.25) is 0 Å². The predicted octanol–water partition coefficient (Wildman–Crippen LogP) is 2.20. The number of rotatable bonds is 4. The fourth-order valence-corrected chi connectivity index (χ4v) is 2.01. The average molecular weight is 289 g/mol. The molecule has 7 heteroatoms. The summed E-state index contributed by atoms with van der Waals surface area (Å²) >= 11 is 1.39. The molecule has 2 aromatic rings. The van der Waals surface area contributed by atoms with Crippen LogP contribution in [0.5, 0.6) is 0 Å². The third kappa shape index (κ3) is 3.72. The summed E-state index contributed by atoms with van der Waals surface area (Å²) < 4.78 is 0. The number of pyridine rings is 1. The van der Waals surface area contributed by atoms with Crippen molar-refractivity contribution in [2.45, 2.75) is 6.92 Å². The molecule has 102 valence electrons. The molecule has 2 aromatic heterocycles. The number of hydrogen-bond acceptors (Lipinski definition) is 5. The first-order valence-corrected chi connectivity index (χ1v) is 6.54. The van der Waals surface area contributed by atoms with E-state index in [0.717, 1.165) is 11.1 Å². The second-order valence-corrected chi connectivity index (χ2v) is 4.89. The van der Waals surface area contributed by atoms with Crippen LogP contribution in [-0.2, 0) is 4.79 Å². The van der Waals surface area contributed by atoms with E-state index in [0.29, 0.717) is 17.2 Å². The van der Waals surface area contributed by atoms with E-state index in [1.54, 1.807) is 23.6 Å². The molecule has 0 unspecified atom stereocenters. The molecule has 0 fully saturated rings. The molecule has 20 heavy (non-hydrogen) atoms. The number of aliphatic carboxylic acids is 1. The quantitative estimate of drug-likeness (QED) is 0.842. The fraction of sp³-hybridized carbons (Fsp3) is 0.0769. The van der Waals surface area contributed by atoms with Gasteiger partial charge in [-0.15, -0.1) is 11.3 Å². The molecule has 0 saturated heterocycles. The van der Waals surface area contributed by atoms with Gasteiger partial charge in [0.2, 0.25) is 0 Å². The summed E-state index contributed by atoms with van der Waals surface area (Å²) in [5.41, 5.74) is 0.778. The van der Waals surface area contributed by atoms with Crippen LogP contribution in [0.4, 0.5) is 5.82 Å². The van der Waals surface area contributed by atoms with Crippen molar-refractivity contribution in [2.24, 2.45) is 0 Å². The number of carboxylic acid groups (broad SMARTS) is 1. The van der Waals surface area contributed by atoms with Crippen molar-refractivity contribution in [1.29, 1.82) is 0 Å². The Bertz CT molecular complexity index is 679. The van der Waals surface area contributed by atoms with Crippen LogP contribution in [0.3, 0.4) is 0 Å². The maximum absolute atomic E-state index is 11.9. The Morgan fingerprint density at radius 3 is 2.80 bits per heavy atom. The van der Waals surface area contributed by atoms with Crippen molar-refractivity contribution in [2.75, 3.05) is 5.32 Å². The van der Waals surface area contributed by atoms with Gasteiger partial charge < -0.3 is 10.4 Å². The van der Waals surface area contributed by atoms with Gasteiger partial charge in [-0.05, 0) is 25.1 Å². The van der Waals surface area contributed by atoms with Crippen LogP contribution in [0.25, 0.3) is 6.08 Å². The number of anilines is 1. The van der Waals surface area contributed by atoms with Crippen molar-refractivity contribution in [3.8, 4) is 0 Å². The number of nitrogens with zero attached hydrogens (tertiary/aromatic N) is 2. The summed E-state index contributed by atoms with van der Waals surface area (Å²) in [6, 6.07) is 4.94. The molecule has 2 N–H and O–H groups in total. The van der Waals surface area contributed by atoms with Gasteiger partial charge in [0.1, 0.15) is 11.5 Å². The predicted molar refractivity (Wildman–Crippen MR) is 75.7 cm³/mol. The number of carbonyl (C=O) groups excluding carboxylic acids is 1. The van der Waals surface area contributed by atoms with E-state index in [2.05, 4.69) is 15.3 Å². The summed E-state index contributed by atoms with van der Waals surface area (Å²) in [6.45, 7) is 1.82. The van der Waals surface area contributed by atoms with Gasteiger partial charge in [0.25, 0.3) is 5.91 Å². The van der Waals surface area contributed by atoms with E-state index in [9.17, 15) is 9.59 Å². The highest BCUT2D eigenvalue weighted by atomic mass is 32.1. The molecule has 2 heterocycles. The van der Waals surface area contributed by atoms with Crippen molar-refractivity contribution >= 4 is 35.1 Å². The van der Waals surface area contributed by atoms with E-state index in [1.807, 2.05) is 6.92 Å². The van der Waals surface area contributed by atoms with Gasteiger partial charge in [0, 0.05) is 11.5 Å². The lowest BCUT2D eigenvalue weighted by Gasteiger charge is -2.02. The Morgan fingerprint density at radius 2 is 2.15 bits per heavy atom. The lowest BCUT2D eigenvalue weighted by Crippen LogP contribution is -2.13. The largest absolute Gasteiger partial charge is 0.478 e. The highest BCUT2D eigenvalue weighted by Gasteiger charge is 2.10. The number of nitrogens with one attached hydrogen (secondary N) is 1. The van der Waals surface area contributed by atoms with Gasteiger partial charge in [0.15, 0.2) is 0 Å². The third-order valence-electron chi connectivity index (χ3n) is 2.26. The molecule has 6 nitrogen and oxygen atoms in total. The van der Waals surface area contributed by atoms with Crippen molar-refractivity contribution in [1.82, 2.24) is 9.97 Å². The number of carbonyl (C=O) groups is 2. The summed E-state index contributed by atoms with van der Waals surface area (Å²) in [6.07, 6.45) is 2.34. The van der Waals surface area contributed by atoms with Crippen LogP contribution in [0, 0.1) is 6.92 Å². The number of carboxylic acids is 1. The lowest BCUT2D eigenvalue weighted by atomic mass is 10.3. The molecule has 2 rings (SSSR count). The molecule has 0 aliphatic heterocycles. The van der Waals surface area contributed by atoms with Crippen molar-refractivity contribution in [3.63, 3.8) is 0 Å². The Morgan fingerprint density at radius 1 is 1.35 bits per heavy atom. The Kier molecular flexibility index (Phi) is 4.21. The Balaban J connectivity index is 2.11. The van der Waals surface area contributed by atoms with Crippen LogP contribution >= 0.6 is 11.3 Å². The molecule has 0 radical (unpaired) electrons. The zero-order valence-electron chi connectivity index (χ0n) is 10.5. The first-order chi connectivity index (χ1) is 9.54. The molecular formula is C13H11N3O3S. The third-order valence-corrected chi connectivity index (χ3v) is 3.03. The number of aromatic nitrogens is 2. The summed E-state index contributed by atoms with van der Waals surface area (Å²) in [5, 5.41) is 13.6. The molecule has 0 bridgehead atoms. The van der Waals surface area contributed by atoms with Crippen LogP contribution in [0.15, 0.2) is 29.7 Å². The van der Waals surface area contributed by atoms with Crippen LogP contribution in [-0.4, -0.2) is 27.0 Å². The highest BCUT2D eigenvalue weighted by Crippen LogP contribution is 2.11. The summed E-state index contributed by atoms with van der Waals surface area (Å²) in [5.74, 6) is -1.06. The van der Waals surface area contributed by atoms with Gasteiger partial charge >= 0.3 is 5.97 Å². The number of aryl methyl sites for hydroxylation is 1. The van der Waals surface area contributed by atoms with E-state index in [4.69, 9.17) is 5.11 Å². The van der Waals surface area contributed by atoms with E-state index in [1.165, 1.54) is 17.4 Å². The van der Waals surface area contributed by atoms with Crippen LogP contribution < -0.4 is 5.32 Å². The van der Waals surface area contributed by atoms with Crippen LogP contribution in [0.1, 0.15) is 21.2 Å². The second-order valence-electron chi connectivity index (χ2n) is 3.83. The highest BCUT2D eigenvalue weighted by molar-refractivity contribution is 7.09. The first-order valence-electron chi connectivity index (χ1n) is 5.66. The lowest BCUT2D eigenvalue weighted by molar-refractivity contribution is -0.131. The zero-order chi connectivity index (χ0) is 14.5. The fourth-order valence-electron chi connectivity index (χ4n) is 1.42. The zero-order valence-corrected chi connectivity index (χ0v) is 11.3. The average Bonchev–Trinajstić information content (AvgIpc) is 2.84. The van der Waals surface area contributed by atoms with Gasteiger partial charge in [-0.2, -0.15) is 0 Å². The van der Waals surface area contributed by atoms with Crippen molar-refractivity contribution in [3.05, 3.63) is 46.1 Å². The van der Waals surface area contributed by atoms with Gasteiger partial charge in [-0.1, -0.05) is 6.07 Å². The second kappa shape index (κ2) is 6.07. The molecule has 1 amide bonds. The molecule has 0 atom stereocenters. The maximum atomic E-state index is 11.9. The summed E-state index contributed by atoms with van der Waals surface area (Å²) in [4.78, 5) is 30.5. The topological polar surface area (TPSA) is 92.2 Å². The number of hydrogen-bond donors (Lipinski definition) is 2. The van der Waals surface area contributed by atoms with E-state index >= 15 is 0 Å². The normalized spacial score (nSPS) is 10.7. The van der Waals surface area contributed by atoms with Gasteiger partial charge in [-0.3, -0.25) is 4.79 Å². The standard InChI is InChI=1S/C13H11N3O3S/c1-8-14-10(7-20-8)13(19)16-11-4-2-3-9(15-11)5-6-12(17)18/h2-7H,1H3,(H,17,18)(H,15,16,19)/b6-5+. The minimum Gasteiger partial charge on any atom is -0.478 e. The van der Waals surface area contributed by atoms with E-state index in [-0.39, 0.29) is 5.91 Å². The molecular weight excluding hydrogens is 278 g/mol. The minimum atomic E-state index is -1.06. The molecule has 0 aliphatic rings. The molecule has 0 aliphatic carbocycles. The molecule has 0 spiro atoms. The summed E-state index contributed by atoms with van der Waals surface area (Å²) in [7, 11) is 0. The number of amides is 1. The smallest absolute Gasteiger partial charge is 0.328 e. The SMILES string of the molecule is Cc1nc(C(=O)Nc2cccc(/C=C/C(=O)O)n2)cs1. The van der Waals surface area contributed by atoms with Gasteiger partial charge in [-0.25, -0.2) is 14.8 Å². The molecule has 0 aromatic carbocycles. The number of thiazole rings is 1. The monoisotopic (exact) mass is 289 g/mol. The van der Waals surface area contributed by atoms with Crippen molar-refractivity contribution < 1.29 is 14.7 Å². The Labute approximate surface area is 118 Å². The van der Waals surface area contributed by atoms with Gasteiger partial charge in [0.05, 0.1) is 10.7 Å².